The van der Waals surface area contributed by atoms with Crippen molar-refractivity contribution in [3.05, 3.63) is 103 Å². The number of carbonyl (C=O) groups excluding carboxylic acids is 1. The van der Waals surface area contributed by atoms with Gasteiger partial charge in [0.15, 0.2) is 0 Å². The van der Waals surface area contributed by atoms with Gasteiger partial charge in [-0.15, -0.1) is 0 Å². The van der Waals surface area contributed by atoms with Crippen LogP contribution in [0.25, 0.3) is 66.1 Å². The molecule has 0 saturated heterocycles. The van der Waals surface area contributed by atoms with Gasteiger partial charge >= 0.3 is 0 Å². The maximum Gasteiger partial charge on any atom is 0.298 e. The lowest BCUT2D eigenvalue weighted by Gasteiger charge is -2.12. The largest absolute Gasteiger partial charge is 0.428 e. The van der Waals surface area contributed by atoms with Gasteiger partial charge in [-0.1, -0.05) is 48.5 Å². The standard InChI is InChI=1S/C31H18N4O2/c36-18-37-27-14-11-23(25-12-9-21-7-5-19-3-1-15-32-28(19)30(21)34-25)17-24(27)26-13-10-22-8-6-20-4-2-16-33-29(20)31(22)35-26/h1-18H. The summed E-state index contributed by atoms with van der Waals surface area (Å²) < 4.78 is 5.34. The molecule has 0 fully saturated rings. The third-order valence-electron chi connectivity index (χ3n) is 6.59. The molecule has 0 bridgehead atoms. The number of fused-ring (bicyclic) bond motifs is 6. The van der Waals surface area contributed by atoms with Crippen LogP contribution in [0.4, 0.5) is 0 Å². The second kappa shape index (κ2) is 8.46. The van der Waals surface area contributed by atoms with Gasteiger partial charge in [0, 0.05) is 45.1 Å². The molecule has 0 saturated carbocycles. The Labute approximate surface area is 211 Å². The Morgan fingerprint density at radius 1 is 0.568 bits per heavy atom. The van der Waals surface area contributed by atoms with E-state index < -0.39 is 0 Å². The molecule has 0 aliphatic rings. The van der Waals surface area contributed by atoms with E-state index in [1.54, 1.807) is 18.5 Å². The zero-order chi connectivity index (χ0) is 24.8. The van der Waals surface area contributed by atoms with E-state index in [0.717, 1.165) is 54.9 Å². The summed E-state index contributed by atoms with van der Waals surface area (Å²) in [4.78, 5) is 30.3. The first-order valence-corrected chi connectivity index (χ1v) is 11.8. The third-order valence-corrected chi connectivity index (χ3v) is 6.59. The highest BCUT2D eigenvalue weighted by Crippen LogP contribution is 2.35. The smallest absolute Gasteiger partial charge is 0.298 e. The molecule has 3 aromatic carbocycles. The molecule has 4 aromatic heterocycles. The molecule has 0 unspecified atom stereocenters. The van der Waals surface area contributed by atoms with Crippen LogP contribution < -0.4 is 4.74 Å². The first-order valence-electron chi connectivity index (χ1n) is 11.8. The van der Waals surface area contributed by atoms with Gasteiger partial charge in [-0.25, -0.2) is 9.97 Å². The Hall–Kier alpha value is -5.23. The summed E-state index contributed by atoms with van der Waals surface area (Å²) in [5, 5.41) is 4.06. The van der Waals surface area contributed by atoms with Crippen LogP contribution in [-0.4, -0.2) is 26.4 Å². The van der Waals surface area contributed by atoms with Crippen molar-refractivity contribution in [3.63, 3.8) is 0 Å². The van der Waals surface area contributed by atoms with E-state index in [0.29, 0.717) is 23.5 Å². The highest BCUT2D eigenvalue weighted by Gasteiger charge is 2.14. The number of carbonyl (C=O) groups is 1. The topological polar surface area (TPSA) is 77.9 Å². The lowest BCUT2D eigenvalue weighted by atomic mass is 10.0. The molecule has 7 aromatic rings. The molecule has 174 valence electrons. The summed E-state index contributed by atoms with van der Waals surface area (Å²) in [6.45, 7) is 0.433. The van der Waals surface area contributed by atoms with Crippen LogP contribution in [0.3, 0.4) is 0 Å². The SMILES string of the molecule is O=COc1ccc(-c2ccc3ccc4cccnc4c3n2)cc1-c1ccc2ccc3cccnc3c2n1. The van der Waals surface area contributed by atoms with Gasteiger partial charge in [0.05, 0.1) is 33.5 Å². The van der Waals surface area contributed by atoms with Crippen LogP contribution in [0.2, 0.25) is 0 Å². The Kier molecular flexibility index (Phi) is 4.82. The third kappa shape index (κ3) is 3.54. The van der Waals surface area contributed by atoms with Crippen LogP contribution in [0, 0.1) is 0 Å². The highest BCUT2D eigenvalue weighted by molar-refractivity contribution is 6.04. The number of ether oxygens (including phenoxy) is 1. The predicted octanol–water partition coefficient (Wildman–Crippen LogP) is 6.75. The minimum absolute atomic E-state index is 0.423. The average Bonchev–Trinajstić information content (AvgIpc) is 2.97. The Bertz CT molecular complexity index is 2000. The molecular weight excluding hydrogens is 460 g/mol. The Balaban J connectivity index is 1.43. The normalized spacial score (nSPS) is 11.4. The molecule has 0 aliphatic heterocycles. The molecule has 37 heavy (non-hydrogen) atoms. The summed E-state index contributed by atoms with van der Waals surface area (Å²) in [6, 6.07) is 29.7. The molecule has 0 aliphatic carbocycles. The molecule has 4 heterocycles. The zero-order valence-corrected chi connectivity index (χ0v) is 19.5. The minimum Gasteiger partial charge on any atom is -0.428 e. The number of pyridine rings is 4. The number of aromatic nitrogens is 4. The van der Waals surface area contributed by atoms with E-state index >= 15 is 0 Å². The second-order valence-corrected chi connectivity index (χ2v) is 8.74. The second-order valence-electron chi connectivity index (χ2n) is 8.74. The van der Waals surface area contributed by atoms with Gasteiger partial charge in [0.2, 0.25) is 0 Å². The molecular formula is C31H18N4O2. The van der Waals surface area contributed by atoms with E-state index in [1.807, 2.05) is 72.8 Å². The van der Waals surface area contributed by atoms with Crippen LogP contribution in [-0.2, 0) is 4.79 Å². The van der Waals surface area contributed by atoms with Crippen molar-refractivity contribution in [3.8, 4) is 28.3 Å². The lowest BCUT2D eigenvalue weighted by Crippen LogP contribution is -1.96. The maximum absolute atomic E-state index is 11.3. The fourth-order valence-corrected chi connectivity index (χ4v) is 4.80. The van der Waals surface area contributed by atoms with E-state index in [2.05, 4.69) is 22.1 Å². The van der Waals surface area contributed by atoms with Gasteiger partial charge in [0.1, 0.15) is 5.75 Å². The summed E-state index contributed by atoms with van der Waals surface area (Å²) >= 11 is 0. The van der Waals surface area contributed by atoms with Crippen molar-refractivity contribution in [1.29, 1.82) is 0 Å². The molecule has 0 spiro atoms. The van der Waals surface area contributed by atoms with Gasteiger partial charge in [-0.05, 0) is 42.5 Å². The van der Waals surface area contributed by atoms with Crippen molar-refractivity contribution in [1.82, 2.24) is 19.9 Å². The molecule has 0 atom stereocenters. The molecule has 0 N–H and O–H groups in total. The maximum atomic E-state index is 11.3. The van der Waals surface area contributed by atoms with Crippen LogP contribution >= 0.6 is 0 Å². The first-order chi connectivity index (χ1) is 18.3. The van der Waals surface area contributed by atoms with Crippen LogP contribution in [0.5, 0.6) is 5.75 Å². The van der Waals surface area contributed by atoms with Crippen LogP contribution in [0.1, 0.15) is 0 Å². The van der Waals surface area contributed by atoms with Gasteiger partial charge in [-0.2, -0.15) is 0 Å². The Morgan fingerprint density at radius 2 is 1.11 bits per heavy atom. The van der Waals surface area contributed by atoms with Gasteiger partial charge < -0.3 is 4.74 Å². The Morgan fingerprint density at radius 3 is 1.73 bits per heavy atom. The molecule has 0 radical (unpaired) electrons. The fourth-order valence-electron chi connectivity index (χ4n) is 4.80. The van der Waals surface area contributed by atoms with Crippen molar-refractivity contribution in [2.24, 2.45) is 0 Å². The van der Waals surface area contributed by atoms with Gasteiger partial charge in [-0.3, -0.25) is 14.8 Å². The number of hydrogen-bond donors (Lipinski definition) is 0. The average molecular weight is 479 g/mol. The molecule has 7 rings (SSSR count). The number of rotatable bonds is 4. The summed E-state index contributed by atoms with van der Waals surface area (Å²) in [7, 11) is 0. The summed E-state index contributed by atoms with van der Waals surface area (Å²) in [5.41, 5.74) is 6.35. The number of benzene rings is 3. The number of nitrogens with zero attached hydrogens (tertiary/aromatic N) is 4. The highest BCUT2D eigenvalue weighted by atomic mass is 16.5. The van der Waals surface area contributed by atoms with E-state index in [4.69, 9.17) is 14.7 Å². The summed E-state index contributed by atoms with van der Waals surface area (Å²) in [5.74, 6) is 0.423. The van der Waals surface area contributed by atoms with E-state index in [-0.39, 0.29) is 0 Å². The first kappa shape index (κ1) is 21.1. The molecule has 6 heteroatoms. The summed E-state index contributed by atoms with van der Waals surface area (Å²) in [6.07, 6.45) is 3.55. The molecule has 0 amide bonds. The van der Waals surface area contributed by atoms with Crippen molar-refractivity contribution < 1.29 is 9.53 Å². The fraction of sp³-hybridized carbons (Fsp3) is 0. The van der Waals surface area contributed by atoms with Crippen molar-refractivity contribution in [2.45, 2.75) is 0 Å². The van der Waals surface area contributed by atoms with Crippen molar-refractivity contribution in [2.75, 3.05) is 0 Å². The zero-order valence-electron chi connectivity index (χ0n) is 19.5. The van der Waals surface area contributed by atoms with E-state index in [1.165, 1.54) is 0 Å². The van der Waals surface area contributed by atoms with Gasteiger partial charge in [0.25, 0.3) is 6.47 Å². The van der Waals surface area contributed by atoms with Crippen molar-refractivity contribution >= 4 is 50.1 Å². The quantitative estimate of drug-likeness (QED) is 0.206. The minimum atomic E-state index is 0.423. The van der Waals surface area contributed by atoms with Crippen LogP contribution in [0.15, 0.2) is 103 Å². The van der Waals surface area contributed by atoms with E-state index in [9.17, 15) is 4.79 Å². The predicted molar refractivity (Wildman–Crippen MR) is 145 cm³/mol. The monoisotopic (exact) mass is 478 g/mol. The molecule has 6 nitrogen and oxygen atoms in total. The lowest BCUT2D eigenvalue weighted by molar-refractivity contribution is -0.120. The number of hydrogen-bond acceptors (Lipinski definition) is 6.